The van der Waals surface area contributed by atoms with E-state index < -0.39 is 0 Å². The molecular weight excluding hydrogens is 238 g/mol. The quantitative estimate of drug-likeness (QED) is 0.895. The number of hydrogen-bond acceptors (Lipinski definition) is 4. The molecule has 0 aliphatic heterocycles. The van der Waals surface area contributed by atoms with Gasteiger partial charge in [-0.2, -0.15) is 0 Å². The first kappa shape index (κ1) is 12.3. The van der Waals surface area contributed by atoms with Gasteiger partial charge in [-0.3, -0.25) is 0 Å². The van der Waals surface area contributed by atoms with E-state index in [1.807, 2.05) is 30.0 Å². The molecule has 0 atom stereocenters. The number of nitrogens with one attached hydrogen (secondary N) is 1. The van der Waals surface area contributed by atoms with Crippen molar-refractivity contribution in [1.29, 1.82) is 0 Å². The largest absolute Gasteiger partial charge is 0.372 e. The molecule has 0 amide bonds. The number of fused-ring (bicyclic) bond motifs is 1. The molecule has 0 aromatic carbocycles. The summed E-state index contributed by atoms with van der Waals surface area (Å²) in [5.41, 5.74) is 0.945. The summed E-state index contributed by atoms with van der Waals surface area (Å²) in [6.07, 6.45) is 9.86. The molecule has 2 aromatic heterocycles. The van der Waals surface area contributed by atoms with Gasteiger partial charge in [-0.25, -0.2) is 9.97 Å². The Balaban J connectivity index is 1.97. The van der Waals surface area contributed by atoms with Gasteiger partial charge in [0.25, 0.3) is 0 Å². The van der Waals surface area contributed by atoms with Crippen LogP contribution < -0.4 is 10.2 Å². The molecular formula is C14H21N5. The van der Waals surface area contributed by atoms with Gasteiger partial charge in [0, 0.05) is 32.5 Å². The molecule has 0 spiro atoms. The Morgan fingerprint density at radius 1 is 1.47 bits per heavy atom. The minimum Gasteiger partial charge on any atom is -0.372 e. The Hall–Kier alpha value is -1.78. The SMILES string of the molecule is CCN(CC1CCC1)c1nc(NC)cn2ccnc12. The van der Waals surface area contributed by atoms with E-state index >= 15 is 0 Å². The highest BCUT2D eigenvalue weighted by Crippen LogP contribution is 2.29. The molecule has 0 bridgehead atoms. The van der Waals surface area contributed by atoms with Crippen molar-refractivity contribution >= 4 is 17.3 Å². The summed E-state index contributed by atoms with van der Waals surface area (Å²) in [6.45, 7) is 4.25. The van der Waals surface area contributed by atoms with Crippen LogP contribution in [0.3, 0.4) is 0 Å². The van der Waals surface area contributed by atoms with Gasteiger partial charge in [-0.1, -0.05) is 6.42 Å². The number of aromatic nitrogens is 3. The fourth-order valence-electron chi connectivity index (χ4n) is 2.60. The van der Waals surface area contributed by atoms with Crippen LogP contribution in [0.25, 0.3) is 5.65 Å². The van der Waals surface area contributed by atoms with Crippen LogP contribution in [0.4, 0.5) is 11.6 Å². The first-order valence-electron chi connectivity index (χ1n) is 7.08. The normalized spacial score (nSPS) is 15.5. The molecule has 2 aromatic rings. The van der Waals surface area contributed by atoms with Crippen molar-refractivity contribution in [3.63, 3.8) is 0 Å². The Morgan fingerprint density at radius 3 is 2.95 bits per heavy atom. The Labute approximate surface area is 113 Å². The first-order chi connectivity index (χ1) is 9.31. The molecule has 3 rings (SSSR count). The van der Waals surface area contributed by atoms with Crippen molar-refractivity contribution in [1.82, 2.24) is 14.4 Å². The lowest BCUT2D eigenvalue weighted by molar-refractivity contribution is 0.318. The summed E-state index contributed by atoms with van der Waals surface area (Å²) >= 11 is 0. The van der Waals surface area contributed by atoms with Gasteiger partial charge in [0.05, 0.1) is 6.20 Å². The predicted molar refractivity (Wildman–Crippen MR) is 77.8 cm³/mol. The molecule has 0 saturated heterocycles. The third kappa shape index (κ3) is 2.25. The summed E-state index contributed by atoms with van der Waals surface area (Å²) in [4.78, 5) is 11.5. The van der Waals surface area contributed by atoms with Crippen molar-refractivity contribution in [3.8, 4) is 0 Å². The van der Waals surface area contributed by atoms with E-state index in [4.69, 9.17) is 4.98 Å². The number of anilines is 2. The molecule has 1 fully saturated rings. The molecule has 5 heteroatoms. The maximum atomic E-state index is 4.71. The monoisotopic (exact) mass is 259 g/mol. The third-order valence-corrected chi connectivity index (χ3v) is 4.00. The minimum atomic E-state index is 0.829. The van der Waals surface area contributed by atoms with Crippen LogP contribution in [-0.4, -0.2) is 34.5 Å². The molecule has 1 aliphatic rings. The lowest BCUT2D eigenvalue weighted by Gasteiger charge is -2.32. The minimum absolute atomic E-state index is 0.829. The highest BCUT2D eigenvalue weighted by Gasteiger charge is 2.22. The van der Waals surface area contributed by atoms with E-state index in [2.05, 4.69) is 22.1 Å². The van der Waals surface area contributed by atoms with E-state index in [1.54, 1.807) is 0 Å². The molecule has 0 radical (unpaired) electrons. The molecule has 19 heavy (non-hydrogen) atoms. The molecule has 1 saturated carbocycles. The summed E-state index contributed by atoms with van der Waals surface area (Å²) in [6, 6.07) is 0. The number of imidazole rings is 1. The average molecular weight is 259 g/mol. The van der Waals surface area contributed by atoms with Crippen LogP contribution in [0.2, 0.25) is 0 Å². The van der Waals surface area contributed by atoms with Gasteiger partial charge in [0.2, 0.25) is 0 Å². The van der Waals surface area contributed by atoms with E-state index in [0.717, 1.165) is 36.3 Å². The Morgan fingerprint density at radius 2 is 2.32 bits per heavy atom. The van der Waals surface area contributed by atoms with Crippen molar-refractivity contribution in [2.24, 2.45) is 5.92 Å². The average Bonchev–Trinajstić information content (AvgIpc) is 2.85. The van der Waals surface area contributed by atoms with Gasteiger partial charge in [-0.05, 0) is 25.7 Å². The fourth-order valence-corrected chi connectivity index (χ4v) is 2.60. The maximum absolute atomic E-state index is 4.71. The molecule has 1 aliphatic carbocycles. The topological polar surface area (TPSA) is 45.5 Å². The Kier molecular flexibility index (Phi) is 3.27. The van der Waals surface area contributed by atoms with Crippen LogP contribution in [0, 0.1) is 5.92 Å². The number of hydrogen-bond donors (Lipinski definition) is 1. The second-order valence-electron chi connectivity index (χ2n) is 5.19. The van der Waals surface area contributed by atoms with Crippen LogP contribution in [0.15, 0.2) is 18.6 Å². The molecule has 5 nitrogen and oxygen atoms in total. The summed E-state index contributed by atoms with van der Waals surface area (Å²) in [5.74, 6) is 2.70. The lowest BCUT2D eigenvalue weighted by Crippen LogP contribution is -2.33. The van der Waals surface area contributed by atoms with Crippen LogP contribution in [-0.2, 0) is 0 Å². The zero-order valence-electron chi connectivity index (χ0n) is 11.6. The van der Waals surface area contributed by atoms with E-state index in [0.29, 0.717) is 0 Å². The second kappa shape index (κ2) is 5.07. The number of nitrogens with zero attached hydrogens (tertiary/aromatic N) is 4. The van der Waals surface area contributed by atoms with Gasteiger partial charge >= 0.3 is 0 Å². The zero-order valence-corrected chi connectivity index (χ0v) is 11.6. The van der Waals surface area contributed by atoms with Crippen molar-refractivity contribution in [2.75, 3.05) is 30.4 Å². The van der Waals surface area contributed by atoms with E-state index in [-0.39, 0.29) is 0 Å². The van der Waals surface area contributed by atoms with E-state index in [1.165, 1.54) is 19.3 Å². The van der Waals surface area contributed by atoms with Crippen molar-refractivity contribution in [2.45, 2.75) is 26.2 Å². The fraction of sp³-hybridized carbons (Fsp3) is 0.571. The van der Waals surface area contributed by atoms with Gasteiger partial charge in [-0.15, -0.1) is 0 Å². The first-order valence-corrected chi connectivity index (χ1v) is 7.08. The Bertz CT molecular complexity index is 558. The van der Waals surface area contributed by atoms with Gasteiger partial charge in [0.1, 0.15) is 5.82 Å². The maximum Gasteiger partial charge on any atom is 0.180 e. The molecule has 1 N–H and O–H groups in total. The van der Waals surface area contributed by atoms with Crippen LogP contribution in [0.5, 0.6) is 0 Å². The third-order valence-electron chi connectivity index (χ3n) is 4.00. The molecule has 102 valence electrons. The van der Waals surface area contributed by atoms with Crippen molar-refractivity contribution < 1.29 is 0 Å². The smallest absolute Gasteiger partial charge is 0.180 e. The zero-order chi connectivity index (χ0) is 13.2. The van der Waals surface area contributed by atoms with Crippen LogP contribution in [0.1, 0.15) is 26.2 Å². The number of rotatable bonds is 5. The second-order valence-corrected chi connectivity index (χ2v) is 5.19. The molecule has 0 unspecified atom stereocenters. The standard InChI is InChI=1S/C14H21N5/c1-3-18(9-11-5-4-6-11)14-13-16-7-8-19(13)10-12(15-2)17-14/h7-8,10-11,15H,3-6,9H2,1-2H3. The summed E-state index contributed by atoms with van der Waals surface area (Å²) in [5, 5.41) is 3.12. The van der Waals surface area contributed by atoms with Gasteiger partial charge in [0.15, 0.2) is 11.5 Å². The summed E-state index contributed by atoms with van der Waals surface area (Å²) < 4.78 is 2.04. The van der Waals surface area contributed by atoms with E-state index in [9.17, 15) is 0 Å². The molecule has 2 heterocycles. The van der Waals surface area contributed by atoms with Crippen molar-refractivity contribution in [3.05, 3.63) is 18.6 Å². The predicted octanol–water partition coefficient (Wildman–Crippen LogP) is 2.40. The highest BCUT2D eigenvalue weighted by atomic mass is 15.2. The summed E-state index contributed by atoms with van der Waals surface area (Å²) in [7, 11) is 1.90. The lowest BCUT2D eigenvalue weighted by atomic mass is 9.85. The van der Waals surface area contributed by atoms with Gasteiger partial charge < -0.3 is 14.6 Å². The van der Waals surface area contributed by atoms with Crippen LogP contribution >= 0.6 is 0 Å². The highest BCUT2D eigenvalue weighted by molar-refractivity contribution is 5.66.